The summed E-state index contributed by atoms with van der Waals surface area (Å²) in [4.78, 5) is 29.7. The third kappa shape index (κ3) is 4.24. The van der Waals surface area contributed by atoms with Crippen molar-refractivity contribution >= 4 is 17.5 Å². The van der Waals surface area contributed by atoms with E-state index in [2.05, 4.69) is 29.0 Å². The molecule has 2 aliphatic carbocycles. The van der Waals surface area contributed by atoms with Gasteiger partial charge in [0.05, 0.1) is 19.6 Å². The lowest BCUT2D eigenvalue weighted by Gasteiger charge is -2.58. The van der Waals surface area contributed by atoms with E-state index in [-0.39, 0.29) is 23.1 Å². The van der Waals surface area contributed by atoms with Crippen LogP contribution in [-0.4, -0.2) is 67.6 Å². The van der Waals surface area contributed by atoms with Crippen LogP contribution in [-0.2, 0) is 20.7 Å². The second-order valence-corrected chi connectivity index (χ2v) is 10.9. The van der Waals surface area contributed by atoms with Gasteiger partial charge in [-0.1, -0.05) is 26.0 Å². The number of nitrogens with zero attached hydrogens (tertiary/aromatic N) is 2. The highest BCUT2D eigenvalue weighted by Gasteiger charge is 2.63. The first-order valence-electron chi connectivity index (χ1n) is 11.8. The third-order valence-electron chi connectivity index (χ3n) is 7.92. The number of nitrogens with one attached hydrogen (secondary N) is 1. The molecule has 6 heteroatoms. The van der Waals surface area contributed by atoms with Crippen LogP contribution in [0.3, 0.4) is 0 Å². The van der Waals surface area contributed by atoms with Crippen LogP contribution in [0.15, 0.2) is 24.3 Å². The van der Waals surface area contributed by atoms with Crippen molar-refractivity contribution in [1.29, 1.82) is 0 Å². The maximum Gasteiger partial charge on any atom is 0.227 e. The van der Waals surface area contributed by atoms with Gasteiger partial charge in [-0.2, -0.15) is 0 Å². The monoisotopic (exact) mass is 425 g/mol. The van der Waals surface area contributed by atoms with Crippen molar-refractivity contribution in [3.05, 3.63) is 29.8 Å². The number of carbonyl (C=O) groups is 2. The van der Waals surface area contributed by atoms with Crippen molar-refractivity contribution < 1.29 is 14.3 Å². The van der Waals surface area contributed by atoms with E-state index in [0.717, 1.165) is 70.0 Å². The normalized spacial score (nSPS) is 29.9. The number of likely N-dealkylation sites (tertiary alicyclic amines) is 1. The van der Waals surface area contributed by atoms with E-state index in [1.165, 1.54) is 6.42 Å². The van der Waals surface area contributed by atoms with Gasteiger partial charge in [-0.05, 0) is 48.3 Å². The van der Waals surface area contributed by atoms with Crippen LogP contribution in [0.25, 0.3) is 0 Å². The Kier molecular flexibility index (Phi) is 5.33. The fourth-order valence-electron chi connectivity index (χ4n) is 6.32. The smallest absolute Gasteiger partial charge is 0.227 e. The summed E-state index contributed by atoms with van der Waals surface area (Å²) in [5.74, 6) is 1.11. The van der Waals surface area contributed by atoms with Gasteiger partial charge in [0.2, 0.25) is 11.8 Å². The Morgan fingerprint density at radius 2 is 1.84 bits per heavy atom. The molecule has 4 fully saturated rings. The van der Waals surface area contributed by atoms with E-state index < -0.39 is 0 Å². The number of benzene rings is 1. The molecule has 2 saturated carbocycles. The van der Waals surface area contributed by atoms with Gasteiger partial charge in [0.25, 0.3) is 0 Å². The standard InChI is InChI=1S/C25H35N3O3/c1-24(2)15-25(16-27-9-11-31-12-10-27)17-28(14-21(24)25)22(29)13-18-3-7-20(8-4-18)26-23(30)19-5-6-19/h3-4,7-8,19,21H,5-6,9-17H2,1-2H3,(H,26,30)/t21-,25+/m1/s1. The highest BCUT2D eigenvalue weighted by molar-refractivity contribution is 5.94. The molecular formula is C25H35N3O3. The number of fused-ring (bicyclic) bond motifs is 1. The zero-order chi connectivity index (χ0) is 21.6. The van der Waals surface area contributed by atoms with Gasteiger partial charge in [0, 0.05) is 49.7 Å². The average molecular weight is 426 g/mol. The highest BCUT2D eigenvalue weighted by atomic mass is 16.5. The fraction of sp³-hybridized carbons (Fsp3) is 0.680. The largest absolute Gasteiger partial charge is 0.379 e. The Balaban J connectivity index is 1.20. The molecule has 1 N–H and O–H groups in total. The Bertz CT molecular complexity index is 842. The Hall–Kier alpha value is -1.92. The third-order valence-corrected chi connectivity index (χ3v) is 7.92. The van der Waals surface area contributed by atoms with Crippen molar-refractivity contribution in [3.63, 3.8) is 0 Å². The molecule has 4 aliphatic rings. The van der Waals surface area contributed by atoms with Gasteiger partial charge in [-0.15, -0.1) is 0 Å². The maximum atomic E-state index is 13.2. The van der Waals surface area contributed by atoms with Gasteiger partial charge in [-0.25, -0.2) is 0 Å². The topological polar surface area (TPSA) is 61.9 Å². The minimum Gasteiger partial charge on any atom is -0.379 e. The molecular weight excluding hydrogens is 390 g/mol. The number of rotatable bonds is 6. The van der Waals surface area contributed by atoms with E-state index in [1.54, 1.807) is 0 Å². The lowest BCUT2D eigenvalue weighted by atomic mass is 9.48. The van der Waals surface area contributed by atoms with Crippen molar-refractivity contribution in [3.8, 4) is 0 Å². The highest BCUT2D eigenvalue weighted by Crippen LogP contribution is 2.63. The molecule has 2 atom stereocenters. The first kappa shape index (κ1) is 21.0. The van der Waals surface area contributed by atoms with E-state index in [4.69, 9.17) is 4.74 Å². The van der Waals surface area contributed by atoms with Crippen molar-refractivity contribution in [2.45, 2.75) is 39.5 Å². The van der Waals surface area contributed by atoms with Crippen LogP contribution in [0.5, 0.6) is 0 Å². The molecule has 6 nitrogen and oxygen atoms in total. The molecule has 31 heavy (non-hydrogen) atoms. The molecule has 168 valence electrons. The molecule has 0 radical (unpaired) electrons. The second kappa shape index (κ2) is 7.89. The Morgan fingerprint density at radius 1 is 1.13 bits per heavy atom. The molecule has 2 aliphatic heterocycles. The first-order chi connectivity index (χ1) is 14.8. The van der Waals surface area contributed by atoms with Crippen molar-refractivity contribution in [2.24, 2.45) is 22.7 Å². The van der Waals surface area contributed by atoms with E-state index in [9.17, 15) is 9.59 Å². The molecule has 1 aromatic carbocycles. The van der Waals surface area contributed by atoms with Crippen molar-refractivity contribution in [2.75, 3.05) is 51.3 Å². The Morgan fingerprint density at radius 3 is 2.48 bits per heavy atom. The molecule has 2 heterocycles. The SMILES string of the molecule is CC1(C)C[C@]2(CN3CCOCC3)CN(C(=O)Cc3ccc(NC(=O)C4CC4)cc3)C[C@H]12. The lowest BCUT2D eigenvalue weighted by molar-refractivity contribution is -0.130. The predicted octanol–water partition coefficient (Wildman–Crippen LogP) is 2.78. The van der Waals surface area contributed by atoms with E-state index in [0.29, 0.717) is 17.8 Å². The predicted molar refractivity (Wildman–Crippen MR) is 120 cm³/mol. The fourth-order valence-corrected chi connectivity index (χ4v) is 6.32. The molecule has 0 unspecified atom stereocenters. The molecule has 0 spiro atoms. The zero-order valence-corrected chi connectivity index (χ0v) is 18.9. The molecule has 0 aromatic heterocycles. The summed E-state index contributed by atoms with van der Waals surface area (Å²) < 4.78 is 5.52. The van der Waals surface area contributed by atoms with Gasteiger partial charge in [-0.3, -0.25) is 14.5 Å². The number of hydrogen-bond acceptors (Lipinski definition) is 4. The van der Waals surface area contributed by atoms with Gasteiger partial charge in [0.15, 0.2) is 0 Å². The minimum absolute atomic E-state index is 0.115. The first-order valence-corrected chi connectivity index (χ1v) is 11.8. The minimum atomic E-state index is 0.115. The van der Waals surface area contributed by atoms with E-state index in [1.807, 2.05) is 24.3 Å². The van der Waals surface area contributed by atoms with Gasteiger partial charge >= 0.3 is 0 Å². The Labute approximate surface area is 185 Å². The van der Waals surface area contributed by atoms with Gasteiger partial charge < -0.3 is 15.0 Å². The summed E-state index contributed by atoms with van der Waals surface area (Å²) in [5.41, 5.74) is 2.38. The van der Waals surface area contributed by atoms with Crippen LogP contribution in [0.2, 0.25) is 0 Å². The number of morpholine rings is 1. The summed E-state index contributed by atoms with van der Waals surface area (Å²) >= 11 is 0. The molecule has 0 bridgehead atoms. The number of hydrogen-bond donors (Lipinski definition) is 1. The number of ether oxygens (including phenoxy) is 1. The maximum absolute atomic E-state index is 13.2. The number of carbonyl (C=O) groups excluding carboxylic acids is 2. The quantitative estimate of drug-likeness (QED) is 0.761. The van der Waals surface area contributed by atoms with Crippen LogP contribution in [0, 0.1) is 22.7 Å². The molecule has 5 rings (SSSR count). The van der Waals surface area contributed by atoms with Crippen LogP contribution >= 0.6 is 0 Å². The summed E-state index contributed by atoms with van der Waals surface area (Å²) in [6, 6.07) is 7.77. The number of anilines is 1. The summed E-state index contributed by atoms with van der Waals surface area (Å²) in [5, 5.41) is 2.96. The van der Waals surface area contributed by atoms with Crippen LogP contribution < -0.4 is 5.32 Å². The summed E-state index contributed by atoms with van der Waals surface area (Å²) in [6.07, 6.45) is 3.62. The average Bonchev–Trinajstić information content (AvgIpc) is 3.53. The van der Waals surface area contributed by atoms with Crippen molar-refractivity contribution in [1.82, 2.24) is 9.80 Å². The number of amides is 2. The lowest BCUT2D eigenvalue weighted by Crippen LogP contribution is -2.59. The molecule has 2 amide bonds. The van der Waals surface area contributed by atoms with Gasteiger partial charge in [0.1, 0.15) is 0 Å². The summed E-state index contributed by atoms with van der Waals surface area (Å²) in [7, 11) is 0. The molecule has 2 saturated heterocycles. The second-order valence-electron chi connectivity index (χ2n) is 10.9. The van der Waals surface area contributed by atoms with Crippen LogP contribution in [0.4, 0.5) is 5.69 Å². The van der Waals surface area contributed by atoms with E-state index >= 15 is 0 Å². The summed E-state index contributed by atoms with van der Waals surface area (Å²) in [6.45, 7) is 11.2. The zero-order valence-electron chi connectivity index (χ0n) is 18.9. The molecule has 1 aromatic rings. The van der Waals surface area contributed by atoms with Crippen LogP contribution in [0.1, 0.15) is 38.7 Å².